The number of piperidine rings is 1. The van der Waals surface area contributed by atoms with Gasteiger partial charge in [0.15, 0.2) is 0 Å². The Labute approximate surface area is 149 Å². The van der Waals surface area contributed by atoms with Crippen molar-refractivity contribution in [3.05, 3.63) is 0 Å². The van der Waals surface area contributed by atoms with Gasteiger partial charge in [0.05, 0.1) is 6.54 Å². The highest BCUT2D eigenvalue weighted by molar-refractivity contribution is 14.1. The van der Waals surface area contributed by atoms with Gasteiger partial charge in [-0.15, -0.1) is 0 Å². The first-order valence-electron chi connectivity index (χ1n) is 8.78. The first-order chi connectivity index (χ1) is 10.5. The molecule has 4 rings (SSSR count). The lowest BCUT2D eigenvalue weighted by atomic mass is 9.45. The molecule has 4 aliphatic rings. The van der Waals surface area contributed by atoms with Gasteiger partial charge in [0, 0.05) is 0 Å². The summed E-state index contributed by atoms with van der Waals surface area (Å²) in [5.74, 6) is 2.04. The minimum absolute atomic E-state index is 0.00264. The number of ether oxygens (including phenoxy) is 1. The number of fused-ring (bicyclic) bond motifs is 2. The van der Waals surface area contributed by atoms with Gasteiger partial charge in [-0.3, -0.25) is 9.69 Å². The largest absolute Gasteiger partial charge is 0.461 e. The van der Waals surface area contributed by atoms with Gasteiger partial charge in [-0.2, -0.15) is 0 Å². The predicted octanol–water partition coefficient (Wildman–Crippen LogP) is 4.14. The molecule has 2 bridgehead atoms. The molecule has 3 nitrogen and oxygen atoms in total. The van der Waals surface area contributed by atoms with Crippen LogP contribution >= 0.6 is 22.6 Å². The molecule has 0 amide bonds. The summed E-state index contributed by atoms with van der Waals surface area (Å²) in [5.41, 5.74) is 0.467. The molecule has 0 aromatic heterocycles. The van der Waals surface area contributed by atoms with E-state index >= 15 is 0 Å². The zero-order valence-corrected chi connectivity index (χ0v) is 16.8. The second kappa shape index (κ2) is 7.82. The standard InChI is InChI=1S/C17H29NO2.CH3I/c1-12-14-9-13(17(14,2)3)10-15(12)20-16(19)11-18-7-5-4-6-8-18;1-2/h12-15H,4-11H2,1-3H3;1H3/t12-,13+,14-,15-;/m1./s1. The van der Waals surface area contributed by atoms with Gasteiger partial charge in [-0.25, -0.2) is 0 Å². The van der Waals surface area contributed by atoms with Crippen molar-refractivity contribution in [3.63, 3.8) is 0 Å². The number of carbonyl (C=O) groups excluding carboxylic acids is 1. The van der Waals surface area contributed by atoms with E-state index in [1.165, 1.54) is 25.7 Å². The highest BCUT2D eigenvalue weighted by atomic mass is 127. The topological polar surface area (TPSA) is 29.5 Å². The lowest BCUT2D eigenvalue weighted by Gasteiger charge is -2.61. The van der Waals surface area contributed by atoms with Crippen LogP contribution in [0.25, 0.3) is 0 Å². The van der Waals surface area contributed by atoms with E-state index in [1.54, 1.807) is 0 Å². The minimum atomic E-state index is 0.00264. The third kappa shape index (κ3) is 3.80. The molecule has 4 heteroatoms. The summed E-state index contributed by atoms with van der Waals surface area (Å²) < 4.78 is 5.82. The summed E-state index contributed by atoms with van der Waals surface area (Å²) in [6, 6.07) is 0. The van der Waals surface area contributed by atoms with Crippen LogP contribution in [-0.2, 0) is 9.53 Å². The van der Waals surface area contributed by atoms with Gasteiger partial charge in [0.25, 0.3) is 0 Å². The average Bonchev–Trinajstić information content (AvgIpc) is 2.51. The second-order valence-corrected chi connectivity index (χ2v) is 7.82. The van der Waals surface area contributed by atoms with Crippen LogP contribution in [0.4, 0.5) is 0 Å². The van der Waals surface area contributed by atoms with Gasteiger partial charge >= 0.3 is 5.97 Å². The van der Waals surface area contributed by atoms with Gasteiger partial charge in [0.2, 0.25) is 0 Å². The monoisotopic (exact) mass is 421 g/mol. The van der Waals surface area contributed by atoms with Crippen molar-refractivity contribution in [1.29, 1.82) is 0 Å². The highest BCUT2D eigenvalue weighted by Crippen LogP contribution is 2.61. The van der Waals surface area contributed by atoms with E-state index in [1.807, 2.05) is 4.93 Å². The number of rotatable bonds is 3. The van der Waals surface area contributed by atoms with E-state index in [-0.39, 0.29) is 12.1 Å². The fraction of sp³-hybridized carbons (Fsp3) is 0.944. The van der Waals surface area contributed by atoms with Crippen molar-refractivity contribution < 1.29 is 9.53 Å². The van der Waals surface area contributed by atoms with E-state index in [0.29, 0.717) is 17.9 Å². The molecule has 128 valence electrons. The zero-order chi connectivity index (χ0) is 16.3. The zero-order valence-electron chi connectivity index (χ0n) is 14.6. The van der Waals surface area contributed by atoms with Crippen molar-refractivity contribution >= 4 is 28.6 Å². The number of carbonyl (C=O) groups is 1. The highest BCUT2D eigenvalue weighted by Gasteiger charge is 2.57. The smallest absolute Gasteiger partial charge is 0.320 e. The molecule has 0 radical (unpaired) electrons. The molecule has 0 spiro atoms. The minimum Gasteiger partial charge on any atom is -0.461 e. The third-order valence-electron chi connectivity index (χ3n) is 6.37. The van der Waals surface area contributed by atoms with Crippen LogP contribution in [0, 0.1) is 23.2 Å². The van der Waals surface area contributed by atoms with Crippen molar-refractivity contribution in [3.8, 4) is 0 Å². The van der Waals surface area contributed by atoms with Gasteiger partial charge < -0.3 is 4.74 Å². The number of likely N-dealkylation sites (tertiary alicyclic amines) is 1. The van der Waals surface area contributed by atoms with Crippen LogP contribution in [0.5, 0.6) is 0 Å². The van der Waals surface area contributed by atoms with Crippen LogP contribution in [-0.4, -0.2) is 41.5 Å². The molecule has 1 heterocycles. The molecule has 3 saturated carbocycles. The van der Waals surface area contributed by atoms with E-state index in [2.05, 4.69) is 48.3 Å². The molecule has 3 aliphatic carbocycles. The molecular weight excluding hydrogens is 389 g/mol. The Kier molecular flexibility index (Phi) is 6.58. The van der Waals surface area contributed by atoms with Gasteiger partial charge in [-0.05, 0) is 66.9 Å². The third-order valence-corrected chi connectivity index (χ3v) is 6.37. The van der Waals surface area contributed by atoms with Crippen LogP contribution in [0.3, 0.4) is 0 Å². The van der Waals surface area contributed by atoms with Crippen LogP contribution in [0.15, 0.2) is 0 Å². The quantitative estimate of drug-likeness (QED) is 0.390. The Hall–Kier alpha value is 0.160. The maximum absolute atomic E-state index is 12.1. The number of alkyl halides is 1. The van der Waals surface area contributed by atoms with Crippen molar-refractivity contribution in [2.75, 3.05) is 24.6 Å². The molecule has 0 aromatic carbocycles. The Bertz CT molecular complexity index is 379. The maximum Gasteiger partial charge on any atom is 0.320 e. The van der Waals surface area contributed by atoms with E-state index < -0.39 is 0 Å². The number of halogens is 1. The number of hydrogen-bond donors (Lipinski definition) is 0. The maximum atomic E-state index is 12.1. The summed E-state index contributed by atoms with van der Waals surface area (Å²) in [7, 11) is 0. The predicted molar refractivity (Wildman–Crippen MR) is 99.3 cm³/mol. The van der Waals surface area contributed by atoms with Gasteiger partial charge in [-0.1, -0.05) is 49.8 Å². The van der Waals surface area contributed by atoms with E-state index in [4.69, 9.17) is 4.74 Å². The molecule has 1 aliphatic heterocycles. The molecule has 0 aromatic rings. The van der Waals surface area contributed by atoms with Crippen LogP contribution in [0.1, 0.15) is 52.9 Å². The van der Waals surface area contributed by atoms with Crippen molar-refractivity contribution in [2.45, 2.75) is 59.0 Å². The lowest BCUT2D eigenvalue weighted by Crippen LogP contribution is -2.57. The number of nitrogens with zero attached hydrogens (tertiary/aromatic N) is 1. The summed E-state index contributed by atoms with van der Waals surface area (Å²) >= 11 is 2.15. The Balaban J connectivity index is 0.000000847. The molecule has 4 atom stereocenters. The van der Waals surface area contributed by atoms with E-state index in [9.17, 15) is 4.79 Å². The Morgan fingerprint density at radius 3 is 2.36 bits per heavy atom. The molecule has 1 saturated heterocycles. The first-order valence-corrected chi connectivity index (χ1v) is 10.9. The van der Waals surface area contributed by atoms with E-state index in [0.717, 1.165) is 31.3 Å². The van der Waals surface area contributed by atoms with Crippen molar-refractivity contribution in [2.24, 2.45) is 23.2 Å². The lowest BCUT2D eigenvalue weighted by molar-refractivity contribution is -0.186. The normalized spacial score (nSPS) is 36.6. The Morgan fingerprint density at radius 1 is 1.18 bits per heavy atom. The second-order valence-electron chi connectivity index (χ2n) is 7.82. The number of hydrogen-bond acceptors (Lipinski definition) is 3. The summed E-state index contributed by atoms with van der Waals surface area (Å²) in [6.07, 6.45) is 6.36. The SMILES string of the molecule is CI.C[C@@H]1[C@H]2C[C@@H](C[C@H]1OC(=O)CN1CCCCC1)C2(C)C. The fourth-order valence-electron chi connectivity index (χ4n) is 4.76. The molecule has 22 heavy (non-hydrogen) atoms. The Morgan fingerprint density at radius 2 is 1.82 bits per heavy atom. The average molecular weight is 421 g/mol. The summed E-state index contributed by atoms with van der Waals surface area (Å²) in [5, 5.41) is 0. The van der Waals surface area contributed by atoms with Crippen LogP contribution < -0.4 is 0 Å². The molecular formula is C18H32INO2. The molecule has 0 unspecified atom stereocenters. The number of esters is 1. The first kappa shape index (κ1) is 18.5. The summed E-state index contributed by atoms with van der Waals surface area (Å²) in [4.78, 5) is 16.4. The fourth-order valence-corrected chi connectivity index (χ4v) is 4.76. The van der Waals surface area contributed by atoms with Gasteiger partial charge in [0.1, 0.15) is 6.10 Å². The molecule has 4 fully saturated rings. The molecule has 0 N–H and O–H groups in total. The van der Waals surface area contributed by atoms with Crippen molar-refractivity contribution in [1.82, 2.24) is 4.90 Å². The van der Waals surface area contributed by atoms with Crippen LogP contribution in [0.2, 0.25) is 0 Å². The summed E-state index contributed by atoms with van der Waals surface area (Å²) in [6.45, 7) is 9.67.